The Morgan fingerprint density at radius 2 is 1.88 bits per heavy atom. The van der Waals surface area contributed by atoms with E-state index in [1.165, 1.54) is 0 Å². The highest BCUT2D eigenvalue weighted by Gasteiger charge is 2.35. The van der Waals surface area contributed by atoms with E-state index in [4.69, 9.17) is 22.4 Å². The number of nitrogens with zero attached hydrogens (tertiary/aromatic N) is 1. The van der Waals surface area contributed by atoms with Gasteiger partial charge in [0.2, 0.25) is 11.8 Å². The van der Waals surface area contributed by atoms with Crippen molar-refractivity contribution in [1.29, 1.82) is 0 Å². The fourth-order valence-electron chi connectivity index (χ4n) is 4.89. The Balaban J connectivity index is 1.66. The minimum Gasteiger partial charge on any atom is -0.480 e. The van der Waals surface area contributed by atoms with Crippen molar-refractivity contribution in [2.75, 3.05) is 13.1 Å². The van der Waals surface area contributed by atoms with E-state index in [0.29, 0.717) is 24.5 Å². The molecular formula is C23H33ClN4O4. The third kappa shape index (κ3) is 6.51. The van der Waals surface area contributed by atoms with Gasteiger partial charge in [-0.1, -0.05) is 36.9 Å². The number of amides is 2. The molecule has 8 nitrogen and oxygen atoms in total. The lowest BCUT2D eigenvalue weighted by Gasteiger charge is -2.30. The summed E-state index contributed by atoms with van der Waals surface area (Å²) in [5.74, 6) is -1.75. The number of nitrogens with one attached hydrogen (secondary N) is 2. The first-order chi connectivity index (χ1) is 15.4. The summed E-state index contributed by atoms with van der Waals surface area (Å²) >= 11 is 6.16. The normalized spacial score (nSPS) is 20.8. The van der Waals surface area contributed by atoms with E-state index < -0.39 is 24.0 Å². The first kappa shape index (κ1) is 24.6. The maximum absolute atomic E-state index is 13.0. The molecule has 1 aliphatic carbocycles. The van der Waals surface area contributed by atoms with E-state index in [-0.39, 0.29) is 18.4 Å². The fraction of sp³-hybridized carbons (Fsp3) is 0.609. The molecule has 1 heterocycles. The zero-order chi connectivity index (χ0) is 23.1. The van der Waals surface area contributed by atoms with Gasteiger partial charge >= 0.3 is 5.97 Å². The molecule has 9 heteroatoms. The van der Waals surface area contributed by atoms with Gasteiger partial charge in [-0.25, -0.2) is 0 Å². The zero-order valence-electron chi connectivity index (χ0n) is 18.3. The van der Waals surface area contributed by atoms with Crippen LogP contribution in [-0.4, -0.2) is 53.0 Å². The third-order valence-electron chi connectivity index (χ3n) is 6.55. The average Bonchev–Trinajstić information content (AvgIpc) is 3.23. The van der Waals surface area contributed by atoms with Crippen molar-refractivity contribution in [2.45, 2.75) is 70.1 Å². The number of carbonyl (C=O) groups is 3. The van der Waals surface area contributed by atoms with Crippen molar-refractivity contribution < 1.29 is 19.5 Å². The molecule has 5 N–H and O–H groups in total. The molecule has 0 spiro atoms. The predicted molar refractivity (Wildman–Crippen MR) is 122 cm³/mol. The number of rotatable bonds is 9. The summed E-state index contributed by atoms with van der Waals surface area (Å²) in [5.41, 5.74) is 7.81. The molecule has 0 aromatic heterocycles. The largest absolute Gasteiger partial charge is 0.480 e. The van der Waals surface area contributed by atoms with Crippen molar-refractivity contribution in [1.82, 2.24) is 15.5 Å². The Bertz CT molecular complexity index is 828. The van der Waals surface area contributed by atoms with Gasteiger partial charge in [-0.05, 0) is 61.4 Å². The van der Waals surface area contributed by atoms with Crippen LogP contribution in [0.25, 0.3) is 0 Å². The van der Waals surface area contributed by atoms with E-state index in [0.717, 1.165) is 56.2 Å². The summed E-state index contributed by atoms with van der Waals surface area (Å²) < 4.78 is 0. The average molecular weight is 465 g/mol. The van der Waals surface area contributed by atoms with Crippen LogP contribution in [0.2, 0.25) is 5.02 Å². The van der Waals surface area contributed by atoms with Gasteiger partial charge in [0, 0.05) is 18.1 Å². The molecule has 0 unspecified atom stereocenters. The van der Waals surface area contributed by atoms with Crippen molar-refractivity contribution in [2.24, 2.45) is 11.7 Å². The lowest BCUT2D eigenvalue weighted by Crippen LogP contribution is -2.54. The smallest absolute Gasteiger partial charge is 0.317 e. The Labute approximate surface area is 193 Å². The number of carboxylic acids is 1. The summed E-state index contributed by atoms with van der Waals surface area (Å²) in [5, 5.41) is 15.1. The van der Waals surface area contributed by atoms with Crippen molar-refractivity contribution in [3.63, 3.8) is 0 Å². The van der Waals surface area contributed by atoms with E-state index in [1.807, 2.05) is 17.0 Å². The van der Waals surface area contributed by atoms with Crippen molar-refractivity contribution >= 4 is 29.4 Å². The number of carboxylic acid groups (broad SMARTS) is 1. The SMILES string of the molecule is NCc1ccc(Cl)cc1CN1CCC[C@H]1C(=O)NC(=O)[C@H](NCC(=O)O)C1CCCCC1. The van der Waals surface area contributed by atoms with E-state index in [9.17, 15) is 14.4 Å². The van der Waals surface area contributed by atoms with Crippen LogP contribution in [-0.2, 0) is 27.5 Å². The second-order valence-electron chi connectivity index (χ2n) is 8.75. The van der Waals surface area contributed by atoms with Crippen LogP contribution >= 0.6 is 11.6 Å². The number of halogens is 1. The number of nitrogens with two attached hydrogens (primary N) is 1. The van der Waals surface area contributed by atoms with Crippen molar-refractivity contribution in [3.8, 4) is 0 Å². The lowest BCUT2D eigenvalue weighted by atomic mass is 9.83. The van der Waals surface area contributed by atoms with Gasteiger partial charge in [-0.15, -0.1) is 0 Å². The predicted octanol–water partition coefficient (Wildman–Crippen LogP) is 2.03. The van der Waals surface area contributed by atoms with Crippen LogP contribution < -0.4 is 16.4 Å². The molecule has 0 radical (unpaired) electrons. The topological polar surface area (TPSA) is 125 Å². The number of hydrogen-bond donors (Lipinski definition) is 4. The fourth-order valence-corrected chi connectivity index (χ4v) is 5.09. The molecule has 32 heavy (non-hydrogen) atoms. The van der Waals surface area contributed by atoms with Crippen LogP contribution in [0.15, 0.2) is 18.2 Å². The first-order valence-corrected chi connectivity index (χ1v) is 11.8. The monoisotopic (exact) mass is 464 g/mol. The van der Waals surface area contributed by atoms with Gasteiger partial charge in [0.05, 0.1) is 18.6 Å². The third-order valence-corrected chi connectivity index (χ3v) is 6.79. The van der Waals surface area contributed by atoms with Crippen LogP contribution in [0.5, 0.6) is 0 Å². The number of imide groups is 1. The molecule has 1 aromatic rings. The van der Waals surface area contributed by atoms with Crippen molar-refractivity contribution in [3.05, 3.63) is 34.3 Å². The molecule has 1 saturated heterocycles. The Hall–Kier alpha value is -2.00. The second kappa shape index (κ2) is 11.7. The van der Waals surface area contributed by atoms with E-state index >= 15 is 0 Å². The zero-order valence-corrected chi connectivity index (χ0v) is 19.1. The minimum absolute atomic E-state index is 0.0363. The van der Waals surface area contributed by atoms with Gasteiger partial charge in [-0.3, -0.25) is 29.9 Å². The molecule has 2 fully saturated rings. The molecule has 3 rings (SSSR count). The molecule has 2 amide bonds. The number of benzene rings is 1. The van der Waals surface area contributed by atoms with Crippen LogP contribution in [0, 0.1) is 5.92 Å². The minimum atomic E-state index is -1.02. The Kier molecular flexibility index (Phi) is 9.04. The molecule has 1 aliphatic heterocycles. The second-order valence-corrected chi connectivity index (χ2v) is 9.19. The maximum atomic E-state index is 13.0. The standard InChI is InChI=1S/C23H33ClN4O4/c24-18-9-8-16(12-25)17(11-18)14-28-10-4-7-19(28)22(31)27-23(32)21(26-13-20(29)30)15-5-2-1-3-6-15/h8-9,11,15,19,21,26H,1-7,10,12-14,25H2,(H,29,30)(H,27,31,32)/t19-,21+/m0/s1. The number of aliphatic carboxylic acids is 1. The number of hydrogen-bond acceptors (Lipinski definition) is 6. The Morgan fingerprint density at radius 3 is 2.56 bits per heavy atom. The van der Waals surface area contributed by atoms with E-state index in [2.05, 4.69) is 10.6 Å². The van der Waals surface area contributed by atoms with Gasteiger partial charge in [0.1, 0.15) is 0 Å². The highest BCUT2D eigenvalue weighted by Crippen LogP contribution is 2.27. The molecule has 2 atom stereocenters. The van der Waals surface area contributed by atoms with Gasteiger partial charge in [0.25, 0.3) is 0 Å². The summed E-state index contributed by atoms with van der Waals surface area (Å²) in [6, 6.07) is 4.47. The lowest BCUT2D eigenvalue weighted by molar-refractivity contribution is -0.136. The quantitative estimate of drug-likeness (QED) is 0.440. The molecule has 1 saturated carbocycles. The molecule has 2 aliphatic rings. The van der Waals surface area contributed by atoms with Crippen LogP contribution in [0.4, 0.5) is 0 Å². The van der Waals surface area contributed by atoms with Crippen LogP contribution in [0.1, 0.15) is 56.1 Å². The van der Waals surface area contributed by atoms with E-state index in [1.54, 1.807) is 6.07 Å². The summed E-state index contributed by atoms with van der Waals surface area (Å²) in [7, 11) is 0. The molecule has 176 valence electrons. The maximum Gasteiger partial charge on any atom is 0.317 e. The van der Waals surface area contributed by atoms with Crippen LogP contribution in [0.3, 0.4) is 0 Å². The Morgan fingerprint density at radius 1 is 1.12 bits per heavy atom. The van der Waals surface area contributed by atoms with Gasteiger partial charge < -0.3 is 10.8 Å². The number of carbonyl (C=O) groups excluding carboxylic acids is 2. The highest BCUT2D eigenvalue weighted by atomic mass is 35.5. The van der Waals surface area contributed by atoms with Gasteiger partial charge in [-0.2, -0.15) is 0 Å². The molecule has 1 aromatic carbocycles. The van der Waals surface area contributed by atoms with Gasteiger partial charge in [0.15, 0.2) is 0 Å². The number of likely N-dealkylation sites (tertiary alicyclic amines) is 1. The summed E-state index contributed by atoms with van der Waals surface area (Å²) in [6.07, 6.45) is 6.36. The summed E-state index contributed by atoms with van der Waals surface area (Å²) in [6.45, 7) is 1.35. The molecule has 0 bridgehead atoms. The highest BCUT2D eigenvalue weighted by molar-refractivity contribution is 6.30. The summed E-state index contributed by atoms with van der Waals surface area (Å²) in [4.78, 5) is 39.1. The first-order valence-electron chi connectivity index (χ1n) is 11.4. The molecular weight excluding hydrogens is 432 g/mol.